The summed E-state index contributed by atoms with van der Waals surface area (Å²) >= 11 is 0. The molecular formula is C13H18N2O. The van der Waals surface area contributed by atoms with Crippen LogP contribution in [-0.2, 0) is 13.6 Å². The smallest absolute Gasteiger partial charge is 0.143 e. The highest BCUT2D eigenvalue weighted by Crippen LogP contribution is 2.30. The topological polar surface area (TPSA) is 26.2 Å². The summed E-state index contributed by atoms with van der Waals surface area (Å²) in [4.78, 5) is 0. The van der Waals surface area contributed by atoms with E-state index in [1.165, 1.54) is 22.0 Å². The molecule has 0 unspecified atom stereocenters. The summed E-state index contributed by atoms with van der Waals surface area (Å²) in [5.74, 6) is 0.944. The highest BCUT2D eigenvalue weighted by molar-refractivity contribution is 5.89. The standard InChI is InChI=1S/C13H18N2O/c1-9-5-11-10(7-14-2)8-15(3)13(11)12(6-9)16-4/h5-6,8,14H,7H2,1-4H3. The summed E-state index contributed by atoms with van der Waals surface area (Å²) in [5.41, 5.74) is 3.70. The number of hydrogen-bond acceptors (Lipinski definition) is 2. The zero-order chi connectivity index (χ0) is 11.7. The van der Waals surface area contributed by atoms with Gasteiger partial charge in [0.25, 0.3) is 0 Å². The lowest BCUT2D eigenvalue weighted by atomic mass is 10.1. The Bertz CT molecular complexity index is 514. The molecule has 3 heteroatoms. The molecule has 1 aromatic heterocycles. The van der Waals surface area contributed by atoms with Gasteiger partial charge in [-0.25, -0.2) is 0 Å². The van der Waals surface area contributed by atoms with Crippen LogP contribution in [0.25, 0.3) is 10.9 Å². The van der Waals surface area contributed by atoms with E-state index in [2.05, 4.69) is 42.2 Å². The minimum Gasteiger partial charge on any atom is -0.495 e. The summed E-state index contributed by atoms with van der Waals surface area (Å²) in [6.45, 7) is 2.97. The Hall–Kier alpha value is -1.48. The van der Waals surface area contributed by atoms with Gasteiger partial charge in [-0.2, -0.15) is 0 Å². The van der Waals surface area contributed by atoms with E-state index in [-0.39, 0.29) is 0 Å². The number of fused-ring (bicyclic) bond motifs is 1. The Labute approximate surface area is 96.0 Å². The number of hydrogen-bond donors (Lipinski definition) is 1. The van der Waals surface area contributed by atoms with Crippen molar-refractivity contribution in [3.8, 4) is 5.75 Å². The first-order valence-corrected chi connectivity index (χ1v) is 5.44. The number of aromatic nitrogens is 1. The lowest BCUT2D eigenvalue weighted by Crippen LogP contribution is -2.04. The minimum atomic E-state index is 0.879. The molecule has 0 atom stereocenters. The van der Waals surface area contributed by atoms with Crippen molar-refractivity contribution >= 4 is 10.9 Å². The molecule has 3 nitrogen and oxygen atoms in total. The van der Waals surface area contributed by atoms with Gasteiger partial charge in [0, 0.05) is 25.2 Å². The van der Waals surface area contributed by atoms with Gasteiger partial charge in [-0.05, 0) is 37.2 Å². The van der Waals surface area contributed by atoms with Crippen molar-refractivity contribution in [2.75, 3.05) is 14.2 Å². The summed E-state index contributed by atoms with van der Waals surface area (Å²) < 4.78 is 7.56. The third-order valence-corrected chi connectivity index (χ3v) is 2.85. The maximum Gasteiger partial charge on any atom is 0.143 e. The summed E-state index contributed by atoms with van der Waals surface area (Å²) in [5, 5.41) is 4.46. The molecule has 0 saturated carbocycles. The maximum atomic E-state index is 5.44. The van der Waals surface area contributed by atoms with Crippen LogP contribution in [0.2, 0.25) is 0 Å². The molecule has 1 aromatic carbocycles. The van der Waals surface area contributed by atoms with Crippen LogP contribution < -0.4 is 10.1 Å². The SMILES string of the molecule is CNCc1cn(C)c2c(OC)cc(C)cc12. The van der Waals surface area contributed by atoms with Crippen LogP contribution >= 0.6 is 0 Å². The number of ether oxygens (including phenoxy) is 1. The zero-order valence-electron chi connectivity index (χ0n) is 10.3. The molecule has 0 aliphatic carbocycles. The molecule has 2 aromatic rings. The molecule has 0 bridgehead atoms. The molecule has 1 N–H and O–H groups in total. The Kier molecular flexibility index (Phi) is 2.88. The van der Waals surface area contributed by atoms with Gasteiger partial charge >= 0.3 is 0 Å². The van der Waals surface area contributed by atoms with Gasteiger partial charge in [-0.3, -0.25) is 0 Å². The Balaban J connectivity index is 2.74. The molecule has 1 heterocycles. The van der Waals surface area contributed by atoms with Gasteiger partial charge in [0.1, 0.15) is 5.75 Å². The molecule has 16 heavy (non-hydrogen) atoms. The fourth-order valence-electron chi connectivity index (χ4n) is 2.21. The Morgan fingerprint density at radius 3 is 2.75 bits per heavy atom. The average Bonchev–Trinajstić information content (AvgIpc) is 2.55. The van der Waals surface area contributed by atoms with Crippen molar-refractivity contribution in [3.63, 3.8) is 0 Å². The van der Waals surface area contributed by atoms with E-state index in [0.717, 1.165) is 12.3 Å². The van der Waals surface area contributed by atoms with E-state index in [0.29, 0.717) is 0 Å². The molecular weight excluding hydrogens is 200 g/mol. The first-order valence-electron chi connectivity index (χ1n) is 5.44. The second-order valence-corrected chi connectivity index (χ2v) is 4.16. The Morgan fingerprint density at radius 2 is 2.12 bits per heavy atom. The first kappa shape index (κ1) is 11.0. The lowest BCUT2D eigenvalue weighted by molar-refractivity contribution is 0.417. The van der Waals surface area contributed by atoms with Crippen molar-refractivity contribution in [2.45, 2.75) is 13.5 Å². The van der Waals surface area contributed by atoms with Crippen LogP contribution in [0.15, 0.2) is 18.3 Å². The molecule has 0 aliphatic rings. The number of benzene rings is 1. The highest BCUT2D eigenvalue weighted by Gasteiger charge is 2.11. The predicted molar refractivity (Wildman–Crippen MR) is 67.0 cm³/mol. The van der Waals surface area contributed by atoms with Gasteiger partial charge in [0.05, 0.1) is 12.6 Å². The number of nitrogens with one attached hydrogen (secondary N) is 1. The van der Waals surface area contributed by atoms with Crippen LogP contribution in [0.3, 0.4) is 0 Å². The number of nitrogens with zero attached hydrogens (tertiary/aromatic N) is 1. The van der Waals surface area contributed by atoms with E-state index < -0.39 is 0 Å². The second kappa shape index (κ2) is 4.18. The third-order valence-electron chi connectivity index (χ3n) is 2.85. The molecule has 86 valence electrons. The van der Waals surface area contributed by atoms with Crippen molar-refractivity contribution in [1.29, 1.82) is 0 Å². The van der Waals surface area contributed by atoms with Crippen molar-refractivity contribution in [3.05, 3.63) is 29.5 Å². The van der Waals surface area contributed by atoms with Crippen LogP contribution in [0, 0.1) is 6.92 Å². The summed E-state index contributed by atoms with van der Waals surface area (Å²) in [6.07, 6.45) is 2.16. The summed E-state index contributed by atoms with van der Waals surface area (Å²) in [6, 6.07) is 4.29. The normalized spacial score (nSPS) is 11.0. The number of rotatable bonds is 3. The molecule has 2 rings (SSSR count). The lowest BCUT2D eigenvalue weighted by Gasteiger charge is -2.06. The van der Waals surface area contributed by atoms with Crippen LogP contribution in [0.5, 0.6) is 5.75 Å². The largest absolute Gasteiger partial charge is 0.495 e. The van der Waals surface area contributed by atoms with Crippen molar-refractivity contribution in [1.82, 2.24) is 9.88 Å². The zero-order valence-corrected chi connectivity index (χ0v) is 10.3. The Morgan fingerprint density at radius 1 is 1.38 bits per heavy atom. The molecule has 0 amide bonds. The number of methoxy groups -OCH3 is 1. The second-order valence-electron chi connectivity index (χ2n) is 4.16. The molecule has 0 fully saturated rings. The van der Waals surface area contributed by atoms with E-state index in [4.69, 9.17) is 4.74 Å². The van der Waals surface area contributed by atoms with E-state index >= 15 is 0 Å². The summed E-state index contributed by atoms with van der Waals surface area (Å²) in [7, 11) is 5.74. The molecule has 0 spiro atoms. The van der Waals surface area contributed by atoms with Crippen LogP contribution in [-0.4, -0.2) is 18.7 Å². The van der Waals surface area contributed by atoms with E-state index in [1.807, 2.05) is 7.05 Å². The van der Waals surface area contributed by atoms with Gasteiger partial charge in [-0.15, -0.1) is 0 Å². The van der Waals surface area contributed by atoms with Gasteiger partial charge < -0.3 is 14.6 Å². The van der Waals surface area contributed by atoms with Crippen LogP contribution in [0.1, 0.15) is 11.1 Å². The highest BCUT2D eigenvalue weighted by atomic mass is 16.5. The van der Waals surface area contributed by atoms with Gasteiger partial charge in [0.15, 0.2) is 0 Å². The monoisotopic (exact) mass is 218 g/mol. The average molecular weight is 218 g/mol. The van der Waals surface area contributed by atoms with Crippen LogP contribution in [0.4, 0.5) is 0 Å². The fourth-order valence-corrected chi connectivity index (χ4v) is 2.21. The molecule has 0 radical (unpaired) electrons. The fraction of sp³-hybridized carbons (Fsp3) is 0.385. The first-order chi connectivity index (χ1) is 7.67. The van der Waals surface area contributed by atoms with E-state index in [9.17, 15) is 0 Å². The van der Waals surface area contributed by atoms with Crippen molar-refractivity contribution in [2.24, 2.45) is 7.05 Å². The van der Waals surface area contributed by atoms with E-state index in [1.54, 1.807) is 7.11 Å². The molecule has 0 saturated heterocycles. The molecule has 0 aliphatic heterocycles. The predicted octanol–water partition coefficient (Wildman–Crippen LogP) is 2.21. The third kappa shape index (κ3) is 1.67. The number of aryl methyl sites for hydroxylation is 2. The van der Waals surface area contributed by atoms with Gasteiger partial charge in [0.2, 0.25) is 0 Å². The van der Waals surface area contributed by atoms with Gasteiger partial charge in [-0.1, -0.05) is 0 Å². The van der Waals surface area contributed by atoms with Crippen molar-refractivity contribution < 1.29 is 4.74 Å². The quantitative estimate of drug-likeness (QED) is 0.855. The maximum absolute atomic E-state index is 5.44. The minimum absolute atomic E-state index is 0.879.